The zero-order valence-electron chi connectivity index (χ0n) is 54.9. The van der Waals surface area contributed by atoms with Crippen LogP contribution >= 0.6 is 15.9 Å². The number of aromatic nitrogens is 6. The molecule has 0 unspecified atom stereocenters. The van der Waals surface area contributed by atoms with Crippen LogP contribution in [0.1, 0.15) is 27.7 Å². The van der Waals surface area contributed by atoms with Crippen LogP contribution in [-0.4, -0.2) is 48.2 Å². The summed E-state index contributed by atoms with van der Waals surface area (Å²) in [5, 5.41) is 4.18. The smallest absolute Gasteiger partial charge is 0.456 e. The van der Waals surface area contributed by atoms with Gasteiger partial charge in [-0.25, -0.2) is 39.6 Å². The Kier molecular flexibility index (Phi) is 17.4. The zero-order chi connectivity index (χ0) is 68.3. The molecular formula is C86H60BBrN8O4. The largest absolute Gasteiger partial charge is 0.495 e. The molecule has 0 spiro atoms. The molecule has 478 valence electrons. The lowest BCUT2D eigenvalue weighted by atomic mass is 9.73. The fourth-order valence-corrected chi connectivity index (χ4v) is 12.8. The first-order chi connectivity index (χ1) is 48.8. The van der Waals surface area contributed by atoms with E-state index in [9.17, 15) is 0 Å². The summed E-state index contributed by atoms with van der Waals surface area (Å²) in [6.07, 6.45) is 0. The van der Waals surface area contributed by atoms with E-state index in [1.165, 1.54) is 0 Å². The molecule has 17 rings (SSSR count). The van der Waals surface area contributed by atoms with Crippen LogP contribution in [0, 0.1) is 13.1 Å². The molecule has 1 fully saturated rings. The molecule has 1 aliphatic rings. The Balaban J connectivity index is 0.000000129. The maximum absolute atomic E-state index is 7.45. The van der Waals surface area contributed by atoms with Gasteiger partial charge in [0.25, 0.3) is 0 Å². The molecule has 1 saturated heterocycles. The van der Waals surface area contributed by atoms with Gasteiger partial charge >= 0.3 is 7.12 Å². The minimum Gasteiger partial charge on any atom is -0.456 e. The van der Waals surface area contributed by atoms with E-state index in [4.69, 9.17) is 56.2 Å². The second-order valence-electron chi connectivity index (χ2n) is 25.0. The van der Waals surface area contributed by atoms with E-state index in [-0.39, 0.29) is 0 Å². The first kappa shape index (κ1) is 63.7. The number of halogens is 1. The van der Waals surface area contributed by atoms with Gasteiger partial charge in [-0.2, -0.15) is 0 Å². The number of furan rings is 2. The third kappa shape index (κ3) is 12.9. The van der Waals surface area contributed by atoms with Gasteiger partial charge in [-0.1, -0.05) is 265 Å². The fourth-order valence-electron chi connectivity index (χ4n) is 12.4. The summed E-state index contributed by atoms with van der Waals surface area (Å²) in [6.45, 7) is 23.0. The number of benzene rings is 12. The highest BCUT2D eigenvalue weighted by Gasteiger charge is 2.52. The second kappa shape index (κ2) is 27.3. The van der Waals surface area contributed by atoms with Crippen LogP contribution in [0.25, 0.3) is 155 Å². The number of fused-ring (bicyclic) bond motifs is 6. The molecule has 0 radical (unpaired) electrons. The Labute approximate surface area is 587 Å². The highest BCUT2D eigenvalue weighted by atomic mass is 79.9. The summed E-state index contributed by atoms with van der Waals surface area (Å²) in [4.78, 5) is 36.0. The van der Waals surface area contributed by atoms with Gasteiger partial charge < -0.3 is 18.1 Å². The third-order valence-corrected chi connectivity index (χ3v) is 18.6. The van der Waals surface area contributed by atoms with E-state index in [0.29, 0.717) is 46.3 Å². The third-order valence-electron chi connectivity index (χ3n) is 18.1. The summed E-state index contributed by atoms with van der Waals surface area (Å²) in [6, 6.07) is 96.0. The van der Waals surface area contributed by atoms with Gasteiger partial charge in [-0.3, -0.25) is 0 Å². The maximum atomic E-state index is 7.45. The number of hydrogen-bond acceptors (Lipinski definition) is 10. The van der Waals surface area contributed by atoms with Crippen molar-refractivity contribution in [3.05, 3.63) is 318 Å². The molecule has 0 bridgehead atoms. The molecule has 16 aromatic rings. The van der Waals surface area contributed by atoms with Gasteiger partial charge in [-0.15, -0.1) is 0 Å². The second-order valence-corrected chi connectivity index (χ2v) is 25.9. The molecule has 4 aromatic heterocycles. The lowest BCUT2D eigenvalue weighted by molar-refractivity contribution is 0.00578. The lowest BCUT2D eigenvalue weighted by Crippen LogP contribution is -2.41. The van der Waals surface area contributed by atoms with E-state index in [2.05, 4.69) is 88.6 Å². The molecule has 0 saturated carbocycles. The summed E-state index contributed by atoms with van der Waals surface area (Å²) < 4.78 is 26.2. The summed E-state index contributed by atoms with van der Waals surface area (Å²) in [5.74, 6) is 3.85. The molecule has 14 heteroatoms. The lowest BCUT2D eigenvalue weighted by Gasteiger charge is -2.32. The number of hydrogen-bond donors (Lipinski definition) is 0. The predicted molar refractivity (Wildman–Crippen MR) is 406 cm³/mol. The van der Waals surface area contributed by atoms with Crippen molar-refractivity contribution >= 4 is 83.8 Å². The minimum atomic E-state index is -0.497. The molecule has 12 nitrogen and oxygen atoms in total. The molecular weight excluding hydrogens is 1300 g/mol. The highest BCUT2D eigenvalue weighted by molar-refractivity contribution is 9.10. The van der Waals surface area contributed by atoms with Gasteiger partial charge in [0.05, 0.1) is 24.3 Å². The first-order valence-corrected chi connectivity index (χ1v) is 33.4. The topological polar surface area (TPSA) is 131 Å². The zero-order valence-corrected chi connectivity index (χ0v) is 56.5. The average molecular weight is 1360 g/mol. The van der Waals surface area contributed by atoms with Crippen molar-refractivity contribution in [2.75, 3.05) is 0 Å². The number of nitrogens with zero attached hydrogens (tertiary/aromatic N) is 8. The Hall–Kier alpha value is -12.3. The molecule has 0 atom stereocenters. The minimum absolute atomic E-state index is 0.434. The van der Waals surface area contributed by atoms with Crippen molar-refractivity contribution in [2.45, 2.75) is 38.9 Å². The molecule has 1 aliphatic heterocycles. The van der Waals surface area contributed by atoms with Crippen LogP contribution in [0.3, 0.4) is 0 Å². The van der Waals surface area contributed by atoms with E-state index < -0.39 is 18.3 Å². The molecule has 0 amide bonds. The molecule has 5 heterocycles. The van der Waals surface area contributed by atoms with Crippen LogP contribution < -0.4 is 5.46 Å². The molecule has 12 aromatic carbocycles. The monoisotopic (exact) mass is 1360 g/mol. The van der Waals surface area contributed by atoms with Gasteiger partial charge in [0.1, 0.15) is 22.3 Å². The summed E-state index contributed by atoms with van der Waals surface area (Å²) in [7, 11) is -0.497. The van der Waals surface area contributed by atoms with Crippen LogP contribution in [0.4, 0.5) is 11.4 Å². The predicted octanol–water partition coefficient (Wildman–Crippen LogP) is 22.4. The molecule has 100 heavy (non-hydrogen) atoms. The normalized spacial score (nSPS) is 12.9. The fraction of sp³-hybridized carbons (Fsp3) is 0.0698. The quantitative estimate of drug-likeness (QED) is 0.0963. The highest BCUT2D eigenvalue weighted by Crippen LogP contribution is 2.45. The van der Waals surface area contributed by atoms with Gasteiger partial charge in [-0.05, 0) is 103 Å². The maximum Gasteiger partial charge on any atom is 0.495 e. The SMILES string of the molecule is Brc1cccc(-c2nc(-c3ccccc3)nc(-c3ccccc3)n2)c1.[C-]#[N+]c1ccc(-c2c(-c3cccc(-c4nc(-c5ccccc5)nc(-c5ccccc5)n4)c3)ccc3oc4ccccc4c23)cc1.[C-]#[N+]c1ccc(-c2c(B3OC(C)(C)C(C)(C)O3)ccc3oc4ccccc4c23)cc1. The van der Waals surface area contributed by atoms with E-state index in [1.54, 1.807) is 0 Å². The van der Waals surface area contributed by atoms with Crippen molar-refractivity contribution in [1.29, 1.82) is 0 Å². The van der Waals surface area contributed by atoms with Gasteiger partial charge in [0.2, 0.25) is 0 Å². The average Bonchev–Trinajstić information content (AvgIpc) is 1.57. The number of rotatable bonds is 10. The van der Waals surface area contributed by atoms with Crippen molar-refractivity contribution < 1.29 is 18.1 Å². The molecule has 0 N–H and O–H groups in total. The Morgan fingerprint density at radius 1 is 0.320 bits per heavy atom. The van der Waals surface area contributed by atoms with E-state index in [1.807, 2.05) is 261 Å². The van der Waals surface area contributed by atoms with E-state index >= 15 is 0 Å². The van der Waals surface area contributed by atoms with Crippen LogP contribution in [0.5, 0.6) is 0 Å². The number of para-hydroxylation sites is 2. The first-order valence-electron chi connectivity index (χ1n) is 32.7. The summed E-state index contributed by atoms with van der Waals surface area (Å²) >= 11 is 3.52. The molecule has 0 aliphatic carbocycles. The van der Waals surface area contributed by atoms with Crippen molar-refractivity contribution in [3.63, 3.8) is 0 Å². The standard InChI is InChI=1S/C40H24N4O.C25H22BNO3.C21H14BrN3/c1-41-31-21-19-26(20-22-31)36-32(23-24-35-37(36)33-17-8-9-18-34(33)45-35)29-15-10-16-30(25-29)40-43-38(27-11-4-2-5-12-27)42-39(44-40)28-13-6-3-7-14-28;1-24(2)25(3,4)30-26(29-24)19-14-15-21-23(18-8-6-7-9-20(18)28-21)22(19)16-10-12-17(27-5)13-11-16;22-18-13-7-12-17(14-18)21-24-19(15-8-3-1-4-9-15)23-20(25-21)16-10-5-2-6-11-16/h2-25H;6-15H,1-4H3;1-14H. The van der Waals surface area contributed by atoms with Gasteiger partial charge in [0, 0.05) is 65.0 Å². The van der Waals surface area contributed by atoms with Crippen molar-refractivity contribution in [2.24, 2.45) is 0 Å². The Morgan fingerprint density at radius 3 is 1.10 bits per heavy atom. The van der Waals surface area contributed by atoms with Crippen molar-refractivity contribution in [1.82, 2.24) is 29.9 Å². The van der Waals surface area contributed by atoms with Gasteiger partial charge in [0.15, 0.2) is 46.3 Å². The van der Waals surface area contributed by atoms with Crippen LogP contribution in [0.15, 0.2) is 304 Å². The summed E-state index contributed by atoms with van der Waals surface area (Å²) in [5.41, 5.74) is 16.4. The van der Waals surface area contributed by atoms with E-state index in [0.717, 1.165) is 121 Å². The Morgan fingerprint density at radius 2 is 0.670 bits per heavy atom. The van der Waals surface area contributed by atoms with Crippen LogP contribution in [-0.2, 0) is 9.31 Å². The van der Waals surface area contributed by atoms with Crippen molar-refractivity contribution in [3.8, 4) is 102 Å². The van der Waals surface area contributed by atoms with Crippen LogP contribution in [0.2, 0.25) is 0 Å². The Bertz CT molecular complexity index is 5650.